The van der Waals surface area contributed by atoms with Crippen molar-refractivity contribution in [2.75, 3.05) is 6.54 Å². The Bertz CT molecular complexity index is 973. The lowest BCUT2D eigenvalue weighted by Gasteiger charge is -2.21. The Hall–Kier alpha value is -2.89. The first-order valence-electron chi connectivity index (χ1n) is 9.45. The molecule has 2 aliphatic heterocycles. The predicted molar refractivity (Wildman–Crippen MR) is 102 cm³/mol. The van der Waals surface area contributed by atoms with Crippen molar-refractivity contribution in [2.45, 2.75) is 45.2 Å². The van der Waals surface area contributed by atoms with Crippen LogP contribution in [-0.4, -0.2) is 33.9 Å². The molecular formula is C22H22N4O. The Morgan fingerprint density at radius 1 is 1.19 bits per heavy atom. The molecule has 0 amide bonds. The number of benzene rings is 1. The normalized spacial score (nSPS) is 23.9. The number of carbonyl (C=O) groups excluding carboxylic acids is 1. The molecule has 5 heteroatoms. The molecule has 3 heterocycles. The molecule has 27 heavy (non-hydrogen) atoms. The van der Waals surface area contributed by atoms with Crippen molar-refractivity contribution in [3.8, 4) is 17.8 Å². The van der Waals surface area contributed by atoms with E-state index in [1.54, 1.807) is 22.8 Å². The van der Waals surface area contributed by atoms with Crippen LogP contribution >= 0.6 is 0 Å². The van der Waals surface area contributed by atoms with Crippen molar-refractivity contribution in [1.29, 1.82) is 10.5 Å². The van der Waals surface area contributed by atoms with Crippen molar-refractivity contribution >= 4 is 5.78 Å². The first kappa shape index (κ1) is 17.5. The summed E-state index contributed by atoms with van der Waals surface area (Å²) in [4.78, 5) is 15.4. The quantitative estimate of drug-likeness (QED) is 0.783. The van der Waals surface area contributed by atoms with Crippen molar-refractivity contribution in [2.24, 2.45) is 5.92 Å². The molecule has 2 fully saturated rings. The van der Waals surface area contributed by atoms with Crippen molar-refractivity contribution in [3.63, 3.8) is 0 Å². The standard InChI is InChI=1S/C22H22N4O/c1-14-9-18-7-8-21(14)25(18)13-22(27)20-10-19(12-24)26(15(20)2)17-5-3-16(11-23)4-6-17/h3-6,10,14,18,21H,7-9,13H2,1-2H3/t14-,18+,21-/m1/s1. The summed E-state index contributed by atoms with van der Waals surface area (Å²) < 4.78 is 1.80. The van der Waals surface area contributed by atoms with Crippen LogP contribution in [0.1, 0.15) is 53.5 Å². The second kappa shape index (κ2) is 6.68. The highest BCUT2D eigenvalue weighted by atomic mass is 16.1. The molecule has 0 saturated carbocycles. The molecule has 2 aromatic rings. The zero-order valence-corrected chi connectivity index (χ0v) is 15.6. The Morgan fingerprint density at radius 2 is 1.93 bits per heavy atom. The summed E-state index contributed by atoms with van der Waals surface area (Å²) in [5, 5.41) is 18.5. The molecule has 2 saturated heterocycles. The molecule has 3 atom stereocenters. The summed E-state index contributed by atoms with van der Waals surface area (Å²) in [5.74, 6) is 0.748. The third-order valence-electron chi connectivity index (χ3n) is 6.23. The second-order valence-electron chi connectivity index (χ2n) is 7.74. The van der Waals surface area contributed by atoms with Crippen LogP contribution in [0.25, 0.3) is 5.69 Å². The maximum atomic E-state index is 13.1. The van der Waals surface area contributed by atoms with Gasteiger partial charge in [-0.3, -0.25) is 9.69 Å². The second-order valence-corrected chi connectivity index (χ2v) is 7.74. The number of hydrogen-bond donors (Lipinski definition) is 0. The highest BCUT2D eigenvalue weighted by Gasteiger charge is 2.44. The minimum atomic E-state index is 0.0856. The number of hydrogen-bond acceptors (Lipinski definition) is 4. The van der Waals surface area contributed by atoms with Gasteiger partial charge >= 0.3 is 0 Å². The van der Waals surface area contributed by atoms with E-state index in [-0.39, 0.29) is 5.78 Å². The van der Waals surface area contributed by atoms with Crippen LogP contribution in [0.3, 0.4) is 0 Å². The molecule has 0 N–H and O–H groups in total. The van der Waals surface area contributed by atoms with Crippen LogP contribution in [0.15, 0.2) is 30.3 Å². The van der Waals surface area contributed by atoms with Gasteiger partial charge in [0.25, 0.3) is 0 Å². The summed E-state index contributed by atoms with van der Waals surface area (Å²) in [7, 11) is 0. The van der Waals surface area contributed by atoms with Gasteiger partial charge in [-0.15, -0.1) is 0 Å². The van der Waals surface area contributed by atoms with Gasteiger partial charge in [-0.1, -0.05) is 6.92 Å². The smallest absolute Gasteiger partial charge is 0.178 e. The van der Waals surface area contributed by atoms with Crippen LogP contribution in [0.5, 0.6) is 0 Å². The van der Waals surface area contributed by atoms with Gasteiger partial charge in [-0.2, -0.15) is 10.5 Å². The maximum absolute atomic E-state index is 13.1. The van der Waals surface area contributed by atoms with Crippen LogP contribution in [0.4, 0.5) is 0 Å². The number of aromatic nitrogens is 1. The molecule has 0 radical (unpaired) electrons. The minimum absolute atomic E-state index is 0.0856. The monoisotopic (exact) mass is 358 g/mol. The van der Waals surface area contributed by atoms with E-state index in [0.29, 0.717) is 41.4 Å². The van der Waals surface area contributed by atoms with Crippen molar-refractivity contribution in [1.82, 2.24) is 9.47 Å². The summed E-state index contributed by atoms with van der Waals surface area (Å²) >= 11 is 0. The summed E-state index contributed by atoms with van der Waals surface area (Å²) in [6, 6.07) is 14.1. The van der Waals surface area contributed by atoms with Gasteiger partial charge in [0, 0.05) is 29.0 Å². The Morgan fingerprint density at radius 3 is 2.48 bits per heavy atom. The van der Waals surface area contributed by atoms with E-state index in [4.69, 9.17) is 5.26 Å². The SMILES string of the molecule is Cc1c(C(=O)CN2[C@H]3CC[C@@H]2[C@H](C)C3)cc(C#N)n1-c1ccc(C#N)cc1. The Kier molecular flexibility index (Phi) is 4.34. The zero-order valence-electron chi connectivity index (χ0n) is 15.6. The predicted octanol–water partition coefficient (Wildman–Crippen LogP) is 3.58. The fourth-order valence-electron chi connectivity index (χ4n) is 4.90. The lowest BCUT2D eigenvalue weighted by Crippen LogP contribution is -2.35. The zero-order chi connectivity index (χ0) is 19.1. The van der Waals surface area contributed by atoms with Crippen molar-refractivity contribution < 1.29 is 4.79 Å². The van der Waals surface area contributed by atoms with Gasteiger partial charge in [0.1, 0.15) is 11.8 Å². The van der Waals surface area contributed by atoms with E-state index in [9.17, 15) is 10.1 Å². The van der Waals surface area contributed by atoms with Crippen LogP contribution in [0.2, 0.25) is 0 Å². The fourth-order valence-corrected chi connectivity index (χ4v) is 4.90. The molecule has 0 unspecified atom stereocenters. The lowest BCUT2D eigenvalue weighted by atomic mass is 9.91. The van der Waals surface area contributed by atoms with E-state index < -0.39 is 0 Å². The number of carbonyl (C=O) groups is 1. The largest absolute Gasteiger partial charge is 0.305 e. The molecule has 136 valence electrons. The van der Waals surface area contributed by atoms with E-state index in [1.165, 1.54) is 19.3 Å². The fraction of sp³-hybridized carbons (Fsp3) is 0.409. The number of fused-ring (bicyclic) bond motifs is 2. The summed E-state index contributed by atoms with van der Waals surface area (Å²) in [5.41, 5.74) is 3.20. The molecule has 1 aromatic carbocycles. The molecule has 2 aliphatic rings. The van der Waals surface area contributed by atoms with E-state index in [2.05, 4.69) is 24.0 Å². The lowest BCUT2D eigenvalue weighted by molar-refractivity contribution is 0.0913. The highest BCUT2D eigenvalue weighted by Crippen LogP contribution is 2.41. The topological polar surface area (TPSA) is 72.8 Å². The molecular weight excluding hydrogens is 336 g/mol. The summed E-state index contributed by atoms with van der Waals surface area (Å²) in [6.45, 7) is 4.60. The first-order valence-corrected chi connectivity index (χ1v) is 9.45. The third-order valence-corrected chi connectivity index (χ3v) is 6.23. The van der Waals surface area contributed by atoms with Gasteiger partial charge in [0.2, 0.25) is 0 Å². The number of nitriles is 2. The average molecular weight is 358 g/mol. The minimum Gasteiger partial charge on any atom is -0.305 e. The molecule has 2 bridgehead atoms. The molecule has 4 rings (SSSR count). The van der Waals surface area contributed by atoms with Crippen molar-refractivity contribution in [3.05, 3.63) is 52.8 Å². The molecule has 0 aliphatic carbocycles. The maximum Gasteiger partial charge on any atom is 0.178 e. The average Bonchev–Trinajstić information content (AvgIpc) is 3.31. The summed E-state index contributed by atoms with van der Waals surface area (Å²) in [6.07, 6.45) is 3.57. The first-order chi connectivity index (χ1) is 13.0. The van der Waals surface area contributed by atoms with Crippen LogP contribution in [-0.2, 0) is 0 Å². The highest BCUT2D eigenvalue weighted by molar-refractivity contribution is 5.99. The van der Waals surface area contributed by atoms with Gasteiger partial charge in [-0.25, -0.2) is 0 Å². The van der Waals surface area contributed by atoms with E-state index in [1.807, 2.05) is 19.1 Å². The van der Waals surface area contributed by atoms with Gasteiger partial charge < -0.3 is 4.57 Å². The number of Topliss-reactive ketones (excluding diaryl/α,β-unsaturated/α-hetero) is 1. The number of rotatable bonds is 4. The Labute approximate surface area is 159 Å². The molecule has 0 spiro atoms. The Balaban J connectivity index is 1.64. The van der Waals surface area contributed by atoms with Gasteiger partial charge in [-0.05, 0) is 62.4 Å². The van der Waals surface area contributed by atoms with E-state index >= 15 is 0 Å². The van der Waals surface area contributed by atoms with E-state index in [0.717, 1.165) is 11.4 Å². The van der Waals surface area contributed by atoms with Crippen LogP contribution < -0.4 is 0 Å². The van der Waals surface area contributed by atoms with Crippen LogP contribution in [0, 0.1) is 35.5 Å². The third kappa shape index (κ3) is 2.85. The molecule has 5 nitrogen and oxygen atoms in total. The molecule has 1 aromatic heterocycles. The van der Waals surface area contributed by atoms with Gasteiger partial charge in [0.05, 0.1) is 18.2 Å². The van der Waals surface area contributed by atoms with Gasteiger partial charge in [0.15, 0.2) is 5.78 Å². The number of nitrogens with zero attached hydrogens (tertiary/aromatic N) is 4. The number of ketones is 1.